The first kappa shape index (κ1) is 10.8. The first-order valence-corrected chi connectivity index (χ1v) is 5.24. The van der Waals surface area contributed by atoms with Gasteiger partial charge in [-0.05, 0) is 31.4 Å². The number of benzene rings is 1. The molecule has 1 aromatic rings. The van der Waals surface area contributed by atoms with E-state index in [1.54, 1.807) is 19.1 Å². The van der Waals surface area contributed by atoms with E-state index in [1.807, 2.05) is 6.07 Å². The molecule has 1 aromatic carbocycles. The summed E-state index contributed by atoms with van der Waals surface area (Å²) < 4.78 is 4.76. The van der Waals surface area contributed by atoms with Gasteiger partial charge in [0, 0.05) is 0 Å². The van der Waals surface area contributed by atoms with Gasteiger partial charge >= 0.3 is 5.97 Å². The number of aryl methyl sites for hydroxylation is 1. The summed E-state index contributed by atoms with van der Waals surface area (Å²) in [7, 11) is 1.37. The molecule has 1 atom stereocenters. The average Bonchev–Trinajstić information content (AvgIpc) is 2.29. The Morgan fingerprint density at radius 2 is 2.31 bits per heavy atom. The lowest BCUT2D eigenvalue weighted by Gasteiger charge is -2.34. The summed E-state index contributed by atoms with van der Waals surface area (Å²) in [6.07, 6.45) is 1.42. The summed E-state index contributed by atoms with van der Waals surface area (Å²) in [5.74, 6) is -0.131. The van der Waals surface area contributed by atoms with Crippen molar-refractivity contribution in [3.63, 3.8) is 0 Å². The van der Waals surface area contributed by atoms with Crippen LogP contribution in [0.3, 0.4) is 0 Å². The SMILES string of the molecule is COC(=O)C1(C)CCc2cccc(O)c2N1. The molecule has 86 valence electrons. The summed E-state index contributed by atoms with van der Waals surface area (Å²) in [6, 6.07) is 5.35. The molecule has 0 aliphatic carbocycles. The van der Waals surface area contributed by atoms with E-state index in [9.17, 15) is 9.90 Å². The molecule has 2 N–H and O–H groups in total. The van der Waals surface area contributed by atoms with Crippen molar-refractivity contribution in [1.29, 1.82) is 0 Å². The number of nitrogens with one attached hydrogen (secondary N) is 1. The van der Waals surface area contributed by atoms with E-state index in [2.05, 4.69) is 5.32 Å². The molecule has 0 spiro atoms. The van der Waals surface area contributed by atoms with Crippen LogP contribution < -0.4 is 5.32 Å². The third kappa shape index (κ3) is 1.60. The molecule has 1 aliphatic heterocycles. The van der Waals surface area contributed by atoms with Gasteiger partial charge in [0.2, 0.25) is 0 Å². The van der Waals surface area contributed by atoms with Gasteiger partial charge in [-0.1, -0.05) is 12.1 Å². The van der Waals surface area contributed by atoms with E-state index in [0.29, 0.717) is 12.1 Å². The maximum absolute atomic E-state index is 11.6. The predicted molar refractivity (Wildman–Crippen MR) is 60.5 cm³/mol. The van der Waals surface area contributed by atoms with Crippen molar-refractivity contribution < 1.29 is 14.6 Å². The maximum atomic E-state index is 11.6. The number of phenols is 1. The Balaban J connectivity index is 2.36. The zero-order chi connectivity index (χ0) is 11.8. The lowest BCUT2D eigenvalue weighted by atomic mass is 9.87. The Morgan fingerprint density at radius 3 is 3.00 bits per heavy atom. The number of hydrogen-bond acceptors (Lipinski definition) is 4. The minimum Gasteiger partial charge on any atom is -0.506 e. The molecule has 0 saturated heterocycles. The highest BCUT2D eigenvalue weighted by Crippen LogP contribution is 2.37. The van der Waals surface area contributed by atoms with Gasteiger partial charge in [-0.15, -0.1) is 0 Å². The number of para-hydroxylation sites is 1. The highest BCUT2D eigenvalue weighted by Gasteiger charge is 2.38. The Bertz CT molecular complexity index is 430. The highest BCUT2D eigenvalue weighted by atomic mass is 16.5. The summed E-state index contributed by atoms with van der Waals surface area (Å²) in [6.45, 7) is 1.79. The number of hydrogen-bond donors (Lipinski definition) is 2. The predicted octanol–water partition coefficient (Wildman–Crippen LogP) is 1.68. The molecule has 0 amide bonds. The second kappa shape index (κ2) is 3.70. The Labute approximate surface area is 94.2 Å². The number of esters is 1. The number of aromatic hydroxyl groups is 1. The van der Waals surface area contributed by atoms with Gasteiger partial charge in [0.05, 0.1) is 12.8 Å². The molecule has 0 fully saturated rings. The number of fused-ring (bicyclic) bond motifs is 1. The van der Waals surface area contributed by atoms with E-state index in [0.717, 1.165) is 12.0 Å². The van der Waals surface area contributed by atoms with Gasteiger partial charge in [0.15, 0.2) is 0 Å². The highest BCUT2D eigenvalue weighted by molar-refractivity contribution is 5.86. The maximum Gasteiger partial charge on any atom is 0.331 e. The van der Waals surface area contributed by atoms with E-state index < -0.39 is 5.54 Å². The number of ether oxygens (including phenoxy) is 1. The van der Waals surface area contributed by atoms with Crippen molar-refractivity contribution in [2.75, 3.05) is 12.4 Å². The molecule has 16 heavy (non-hydrogen) atoms. The molecule has 1 aliphatic rings. The molecule has 0 aromatic heterocycles. The van der Waals surface area contributed by atoms with Gasteiger partial charge in [-0.3, -0.25) is 0 Å². The van der Waals surface area contributed by atoms with Gasteiger partial charge in [0.25, 0.3) is 0 Å². The number of rotatable bonds is 1. The number of methoxy groups -OCH3 is 1. The Kier molecular flexibility index (Phi) is 2.50. The molecule has 2 rings (SSSR count). The second-order valence-electron chi connectivity index (χ2n) is 4.26. The van der Waals surface area contributed by atoms with Crippen LogP contribution in [0.4, 0.5) is 5.69 Å². The van der Waals surface area contributed by atoms with Crippen LogP contribution in [0.5, 0.6) is 5.75 Å². The van der Waals surface area contributed by atoms with Gasteiger partial charge in [-0.25, -0.2) is 4.79 Å². The zero-order valence-electron chi connectivity index (χ0n) is 9.41. The summed E-state index contributed by atoms with van der Waals surface area (Å²) in [4.78, 5) is 11.6. The van der Waals surface area contributed by atoms with Crippen LogP contribution in [0.1, 0.15) is 18.9 Å². The Hall–Kier alpha value is -1.71. The molecule has 1 unspecified atom stereocenters. The quantitative estimate of drug-likeness (QED) is 0.559. The molecule has 4 nitrogen and oxygen atoms in total. The lowest BCUT2D eigenvalue weighted by Crippen LogP contribution is -2.47. The fourth-order valence-corrected chi connectivity index (χ4v) is 2.04. The van der Waals surface area contributed by atoms with E-state index in [-0.39, 0.29) is 11.7 Å². The minimum atomic E-state index is -0.749. The molecule has 0 saturated carbocycles. The zero-order valence-corrected chi connectivity index (χ0v) is 9.41. The molecule has 0 bridgehead atoms. The van der Waals surface area contributed by atoms with Crippen molar-refractivity contribution in [1.82, 2.24) is 0 Å². The second-order valence-corrected chi connectivity index (χ2v) is 4.26. The van der Waals surface area contributed by atoms with E-state index in [1.165, 1.54) is 7.11 Å². The van der Waals surface area contributed by atoms with Crippen LogP contribution in [0.25, 0.3) is 0 Å². The van der Waals surface area contributed by atoms with Gasteiger partial charge in [0.1, 0.15) is 11.3 Å². The number of anilines is 1. The van der Waals surface area contributed by atoms with Crippen LogP contribution in [0.2, 0.25) is 0 Å². The number of carbonyl (C=O) groups excluding carboxylic acids is 1. The fraction of sp³-hybridized carbons (Fsp3) is 0.417. The van der Waals surface area contributed by atoms with E-state index in [4.69, 9.17) is 4.74 Å². The Morgan fingerprint density at radius 1 is 1.56 bits per heavy atom. The standard InChI is InChI=1S/C12H15NO3/c1-12(11(15)16-2)7-6-8-4-3-5-9(14)10(8)13-12/h3-5,13-14H,6-7H2,1-2H3. The molecule has 1 heterocycles. The average molecular weight is 221 g/mol. The van der Waals surface area contributed by atoms with Crippen molar-refractivity contribution in [3.05, 3.63) is 23.8 Å². The first-order chi connectivity index (χ1) is 7.57. The molecular formula is C12H15NO3. The normalized spacial score (nSPS) is 23.1. The largest absolute Gasteiger partial charge is 0.506 e. The lowest BCUT2D eigenvalue weighted by molar-refractivity contribution is -0.145. The molecule has 4 heteroatoms. The summed E-state index contributed by atoms with van der Waals surface area (Å²) in [5.41, 5.74) is 0.920. The number of phenolic OH excluding ortho intramolecular Hbond substituents is 1. The minimum absolute atomic E-state index is 0.173. The molecular weight excluding hydrogens is 206 g/mol. The third-order valence-electron chi connectivity index (χ3n) is 3.06. The third-order valence-corrected chi connectivity index (χ3v) is 3.06. The number of carbonyl (C=O) groups is 1. The van der Waals surface area contributed by atoms with Crippen LogP contribution >= 0.6 is 0 Å². The first-order valence-electron chi connectivity index (χ1n) is 5.24. The topological polar surface area (TPSA) is 58.6 Å². The van der Waals surface area contributed by atoms with Crippen LogP contribution in [0.15, 0.2) is 18.2 Å². The van der Waals surface area contributed by atoms with Gasteiger partial charge < -0.3 is 15.2 Å². The summed E-state index contributed by atoms with van der Waals surface area (Å²) in [5, 5.41) is 12.8. The van der Waals surface area contributed by atoms with Crippen molar-refractivity contribution in [3.8, 4) is 5.75 Å². The fourth-order valence-electron chi connectivity index (χ4n) is 2.04. The van der Waals surface area contributed by atoms with Gasteiger partial charge in [-0.2, -0.15) is 0 Å². The van der Waals surface area contributed by atoms with Crippen LogP contribution in [-0.2, 0) is 16.0 Å². The van der Waals surface area contributed by atoms with E-state index >= 15 is 0 Å². The van der Waals surface area contributed by atoms with Crippen molar-refractivity contribution >= 4 is 11.7 Å². The van der Waals surface area contributed by atoms with Crippen molar-refractivity contribution in [2.24, 2.45) is 0 Å². The smallest absolute Gasteiger partial charge is 0.331 e. The van der Waals surface area contributed by atoms with Crippen LogP contribution in [-0.4, -0.2) is 23.7 Å². The monoisotopic (exact) mass is 221 g/mol. The molecule has 0 radical (unpaired) electrons. The summed E-state index contributed by atoms with van der Waals surface area (Å²) >= 11 is 0. The van der Waals surface area contributed by atoms with Crippen molar-refractivity contribution in [2.45, 2.75) is 25.3 Å². The van der Waals surface area contributed by atoms with Crippen LogP contribution in [0, 0.1) is 0 Å².